The van der Waals surface area contributed by atoms with Crippen LogP contribution in [0.1, 0.15) is 33.6 Å². The monoisotopic (exact) mass is 288 g/mol. The average Bonchev–Trinajstić information content (AvgIpc) is 2.25. The van der Waals surface area contributed by atoms with Crippen LogP contribution in [-0.2, 0) is 12.1 Å². The van der Waals surface area contributed by atoms with Crippen LogP contribution in [0.25, 0.3) is 0 Å². The van der Waals surface area contributed by atoms with Gasteiger partial charge in [0.25, 0.3) is 12.3 Å². The maximum Gasteiger partial charge on any atom is 0.418 e. The number of nitrogens with zero attached hydrogens (tertiary/aromatic N) is 1. The fourth-order valence-corrected chi connectivity index (χ4v) is 1.61. The van der Waals surface area contributed by atoms with E-state index in [-0.39, 0.29) is 0 Å². The molecule has 0 saturated heterocycles. The van der Waals surface area contributed by atoms with Crippen molar-refractivity contribution in [3.05, 3.63) is 28.6 Å². The number of pyridine rings is 1. The van der Waals surface area contributed by atoms with Gasteiger partial charge in [0.1, 0.15) is 0 Å². The number of alkyl halides is 6. The van der Waals surface area contributed by atoms with Crippen LogP contribution in [0.4, 0.5) is 22.0 Å². The number of rotatable bonds is 3. The van der Waals surface area contributed by atoms with Crippen LogP contribution in [0.5, 0.6) is 0 Å². The van der Waals surface area contributed by atoms with Crippen molar-refractivity contribution >= 4 is 17.5 Å². The van der Waals surface area contributed by atoms with E-state index in [2.05, 4.69) is 4.98 Å². The van der Waals surface area contributed by atoms with Gasteiger partial charge in [0, 0.05) is 11.8 Å². The smallest absolute Gasteiger partial charge is 0.366 e. The fourth-order valence-electron chi connectivity index (χ4n) is 1.41. The van der Waals surface area contributed by atoms with E-state index < -0.39 is 46.8 Å². The Hall–Kier alpha value is -1.44. The van der Waals surface area contributed by atoms with Crippen molar-refractivity contribution in [1.29, 1.82) is 0 Å². The lowest BCUT2D eigenvalue weighted by Gasteiger charge is -2.17. The fraction of sp³-hybridized carbons (Fsp3) is 0.333. The molecule has 1 heterocycles. The Labute approximate surface area is 103 Å². The number of aromatic nitrogens is 1. The Kier molecular flexibility index (Phi) is 4.10. The van der Waals surface area contributed by atoms with E-state index in [9.17, 15) is 26.7 Å². The zero-order valence-corrected chi connectivity index (χ0v) is 9.32. The molecule has 0 saturated carbocycles. The first-order valence-corrected chi connectivity index (χ1v) is 4.96. The zero-order chi connectivity index (χ0) is 14.1. The first-order valence-electron chi connectivity index (χ1n) is 4.43. The molecule has 1 amide bonds. The van der Waals surface area contributed by atoms with Gasteiger partial charge in [0.2, 0.25) is 0 Å². The molecule has 0 radical (unpaired) electrons. The highest BCUT2D eigenvalue weighted by molar-refractivity contribution is 6.17. The second-order valence-electron chi connectivity index (χ2n) is 3.20. The third-order valence-electron chi connectivity index (χ3n) is 2.09. The number of amides is 1. The second kappa shape index (κ2) is 5.05. The molecule has 18 heavy (non-hydrogen) atoms. The Morgan fingerprint density at radius 1 is 1.44 bits per heavy atom. The van der Waals surface area contributed by atoms with Crippen molar-refractivity contribution in [2.75, 3.05) is 0 Å². The Bertz CT molecular complexity index is 475. The minimum atomic E-state index is -5.10. The van der Waals surface area contributed by atoms with Crippen LogP contribution < -0.4 is 5.73 Å². The van der Waals surface area contributed by atoms with E-state index in [1.165, 1.54) is 0 Å². The van der Waals surface area contributed by atoms with Gasteiger partial charge in [-0.15, -0.1) is 11.6 Å². The molecule has 100 valence electrons. The number of hydrogen-bond donors (Lipinski definition) is 1. The van der Waals surface area contributed by atoms with Crippen molar-refractivity contribution < 1.29 is 26.7 Å². The summed E-state index contributed by atoms with van der Waals surface area (Å²) in [4.78, 5) is 14.1. The number of nitrogens with two attached hydrogens (primary N) is 1. The van der Waals surface area contributed by atoms with E-state index in [1.807, 2.05) is 0 Å². The van der Waals surface area contributed by atoms with Crippen molar-refractivity contribution in [2.24, 2.45) is 5.73 Å². The summed E-state index contributed by atoms with van der Waals surface area (Å²) in [5, 5.41) is 0. The Morgan fingerprint density at radius 3 is 2.33 bits per heavy atom. The predicted molar refractivity (Wildman–Crippen MR) is 52.3 cm³/mol. The van der Waals surface area contributed by atoms with Gasteiger partial charge in [-0.1, -0.05) is 0 Å². The minimum Gasteiger partial charge on any atom is -0.366 e. The van der Waals surface area contributed by atoms with Crippen LogP contribution in [0.15, 0.2) is 6.20 Å². The molecule has 0 atom stereocenters. The molecule has 1 aromatic rings. The van der Waals surface area contributed by atoms with Crippen LogP contribution in [0.3, 0.4) is 0 Å². The van der Waals surface area contributed by atoms with Gasteiger partial charge in [-0.3, -0.25) is 9.78 Å². The summed E-state index contributed by atoms with van der Waals surface area (Å²) in [5.41, 5.74) is -0.187. The second-order valence-corrected chi connectivity index (χ2v) is 3.47. The molecule has 3 nitrogen and oxygen atoms in total. The number of halogens is 6. The molecular weight excluding hydrogens is 283 g/mol. The topological polar surface area (TPSA) is 56.0 Å². The van der Waals surface area contributed by atoms with Crippen LogP contribution in [0, 0.1) is 0 Å². The summed E-state index contributed by atoms with van der Waals surface area (Å²) < 4.78 is 63.6. The van der Waals surface area contributed by atoms with Gasteiger partial charge in [0.15, 0.2) is 0 Å². The van der Waals surface area contributed by atoms with Crippen molar-refractivity contribution in [3.8, 4) is 0 Å². The van der Waals surface area contributed by atoms with E-state index in [0.717, 1.165) is 0 Å². The third kappa shape index (κ3) is 2.69. The Morgan fingerprint density at radius 2 is 2.00 bits per heavy atom. The number of hydrogen-bond acceptors (Lipinski definition) is 2. The van der Waals surface area contributed by atoms with Gasteiger partial charge >= 0.3 is 6.18 Å². The maximum absolute atomic E-state index is 12.7. The first-order chi connectivity index (χ1) is 8.20. The molecule has 0 aliphatic carbocycles. The van der Waals surface area contributed by atoms with E-state index >= 15 is 0 Å². The lowest BCUT2D eigenvalue weighted by atomic mass is 10.0. The molecule has 1 aromatic heterocycles. The van der Waals surface area contributed by atoms with E-state index in [4.69, 9.17) is 17.3 Å². The van der Waals surface area contributed by atoms with Gasteiger partial charge < -0.3 is 5.73 Å². The largest absolute Gasteiger partial charge is 0.418 e. The maximum atomic E-state index is 12.7. The molecule has 0 aromatic carbocycles. The van der Waals surface area contributed by atoms with Gasteiger partial charge in [-0.05, 0) is 0 Å². The lowest BCUT2D eigenvalue weighted by Crippen LogP contribution is -2.21. The van der Waals surface area contributed by atoms with Crippen LogP contribution in [0.2, 0.25) is 0 Å². The number of primary amides is 1. The van der Waals surface area contributed by atoms with Gasteiger partial charge in [0.05, 0.1) is 22.7 Å². The summed E-state index contributed by atoms with van der Waals surface area (Å²) in [7, 11) is 0. The highest BCUT2D eigenvalue weighted by atomic mass is 35.5. The average molecular weight is 289 g/mol. The molecule has 1 rings (SSSR count). The lowest BCUT2D eigenvalue weighted by molar-refractivity contribution is -0.140. The SMILES string of the molecule is NC(=O)c1cnc(CCl)c(C(F)(F)F)c1C(F)F. The normalized spacial score (nSPS) is 11.9. The van der Waals surface area contributed by atoms with Gasteiger partial charge in [-0.2, -0.15) is 13.2 Å². The summed E-state index contributed by atoms with van der Waals surface area (Å²) in [5.74, 6) is -2.13. The Balaban J connectivity index is 3.71. The van der Waals surface area contributed by atoms with E-state index in [1.54, 1.807) is 0 Å². The number of carbonyl (C=O) groups excluding carboxylic acids is 1. The molecule has 0 aliphatic rings. The standard InChI is InChI=1S/C9H6ClF5N2O/c10-1-4-6(9(13,14)15)5(7(11)12)3(2-17-4)8(16)18/h2,7H,1H2,(H2,16,18). The molecule has 9 heteroatoms. The zero-order valence-electron chi connectivity index (χ0n) is 8.56. The summed E-state index contributed by atoms with van der Waals surface area (Å²) in [6.45, 7) is 0. The molecular formula is C9H6ClF5N2O. The first kappa shape index (κ1) is 14.6. The van der Waals surface area contributed by atoms with Crippen molar-refractivity contribution in [1.82, 2.24) is 4.98 Å². The summed E-state index contributed by atoms with van der Waals surface area (Å²) in [6, 6.07) is 0. The van der Waals surface area contributed by atoms with E-state index in [0.29, 0.717) is 6.20 Å². The predicted octanol–water partition coefficient (Wildman–Crippen LogP) is 2.88. The molecule has 0 aliphatic heterocycles. The van der Waals surface area contributed by atoms with Gasteiger partial charge in [-0.25, -0.2) is 8.78 Å². The number of carbonyl (C=O) groups is 1. The highest BCUT2D eigenvalue weighted by Crippen LogP contribution is 2.39. The van der Waals surface area contributed by atoms with Crippen molar-refractivity contribution in [2.45, 2.75) is 18.5 Å². The molecule has 2 N–H and O–H groups in total. The molecule has 0 unspecified atom stereocenters. The highest BCUT2D eigenvalue weighted by Gasteiger charge is 2.41. The summed E-state index contributed by atoms with van der Waals surface area (Å²) >= 11 is 5.22. The van der Waals surface area contributed by atoms with Crippen LogP contribution >= 0.6 is 11.6 Å². The summed E-state index contributed by atoms with van der Waals surface area (Å²) in [6.07, 6.45) is -8.06. The minimum absolute atomic E-state index is 0.566. The van der Waals surface area contributed by atoms with Crippen molar-refractivity contribution in [3.63, 3.8) is 0 Å². The molecule has 0 bridgehead atoms. The molecule has 0 spiro atoms. The quantitative estimate of drug-likeness (QED) is 0.687. The third-order valence-corrected chi connectivity index (χ3v) is 2.34. The van der Waals surface area contributed by atoms with Crippen LogP contribution in [-0.4, -0.2) is 10.9 Å². The molecule has 0 fully saturated rings.